The maximum absolute atomic E-state index is 13.9. The standard InChI is InChI=1S/C31H12BrClN2O2/c32-22-12-20-18-8-6-15-9-13-3-1-2-4-17(13)25-23(15)24(18)30(27(33)31(25)37)35-29(20)26-21(22)10-14-5-7-16(36)11-19(14)28(26)34-35/h1-12H. The summed E-state index contributed by atoms with van der Waals surface area (Å²) in [6, 6.07) is 23.5. The summed E-state index contributed by atoms with van der Waals surface area (Å²) in [5, 5.41) is 16.3. The van der Waals surface area contributed by atoms with Gasteiger partial charge in [-0.25, -0.2) is 4.52 Å². The number of pyridine rings is 1. The summed E-state index contributed by atoms with van der Waals surface area (Å²) in [6.07, 6.45) is 0. The van der Waals surface area contributed by atoms with Crippen molar-refractivity contribution in [3.8, 4) is 0 Å². The summed E-state index contributed by atoms with van der Waals surface area (Å²) in [6.45, 7) is 0. The van der Waals surface area contributed by atoms with Crippen LogP contribution in [0.25, 0.3) is 81.2 Å². The average molecular weight is 560 g/mol. The number of rotatable bonds is 0. The molecule has 4 nitrogen and oxygen atoms in total. The molecule has 0 amide bonds. The van der Waals surface area contributed by atoms with E-state index in [1.807, 2.05) is 34.8 Å². The maximum atomic E-state index is 13.9. The van der Waals surface area contributed by atoms with E-state index in [4.69, 9.17) is 16.7 Å². The van der Waals surface area contributed by atoms with Gasteiger partial charge in [0.05, 0.1) is 11.0 Å². The minimum absolute atomic E-state index is 0.0701. The van der Waals surface area contributed by atoms with Crippen molar-refractivity contribution in [3.63, 3.8) is 0 Å². The van der Waals surface area contributed by atoms with Crippen molar-refractivity contribution in [2.45, 2.75) is 0 Å². The van der Waals surface area contributed by atoms with E-state index >= 15 is 0 Å². The van der Waals surface area contributed by atoms with Crippen molar-refractivity contribution >= 4 is 109 Å². The lowest BCUT2D eigenvalue weighted by atomic mass is 9.90. The van der Waals surface area contributed by atoms with E-state index in [9.17, 15) is 9.59 Å². The van der Waals surface area contributed by atoms with Crippen LogP contribution in [0.2, 0.25) is 5.02 Å². The van der Waals surface area contributed by atoms with Gasteiger partial charge in [0.25, 0.3) is 0 Å². The van der Waals surface area contributed by atoms with Crippen LogP contribution in [-0.2, 0) is 0 Å². The molecule has 37 heavy (non-hydrogen) atoms. The molecule has 0 radical (unpaired) electrons. The molecule has 0 spiro atoms. The van der Waals surface area contributed by atoms with Crippen molar-refractivity contribution in [1.29, 1.82) is 0 Å². The summed E-state index contributed by atoms with van der Waals surface area (Å²) in [4.78, 5) is 26.2. The molecule has 9 rings (SSSR count). The van der Waals surface area contributed by atoms with E-state index < -0.39 is 0 Å². The molecule has 0 aliphatic rings. The SMILES string of the molecule is O=c1ccc2cc3c(Br)cc4c5ccc6cc7ccccc7c7c(=O)c(Cl)c(c5c67)n5nc(c2c1)c3c45. The van der Waals surface area contributed by atoms with E-state index in [-0.39, 0.29) is 15.9 Å². The predicted molar refractivity (Wildman–Crippen MR) is 157 cm³/mol. The fraction of sp³-hybridized carbons (Fsp3) is 0. The number of benzene rings is 7. The Bertz CT molecular complexity index is 2590. The first-order chi connectivity index (χ1) is 18.0. The highest BCUT2D eigenvalue weighted by atomic mass is 79.9. The minimum Gasteiger partial charge on any atom is -0.290 e. The van der Waals surface area contributed by atoms with Gasteiger partial charge in [0, 0.05) is 42.2 Å². The summed E-state index contributed by atoms with van der Waals surface area (Å²) in [5.74, 6) is 0. The first-order valence-electron chi connectivity index (χ1n) is 11.9. The van der Waals surface area contributed by atoms with Gasteiger partial charge in [-0.15, -0.1) is 0 Å². The van der Waals surface area contributed by atoms with Crippen LogP contribution in [0.1, 0.15) is 0 Å². The van der Waals surface area contributed by atoms with Gasteiger partial charge in [-0.05, 0) is 57.3 Å². The molecule has 0 unspecified atom stereocenters. The van der Waals surface area contributed by atoms with E-state index in [1.54, 1.807) is 12.1 Å². The zero-order valence-corrected chi connectivity index (χ0v) is 21.2. The largest absolute Gasteiger partial charge is 0.290 e. The second kappa shape index (κ2) is 6.43. The molecule has 172 valence electrons. The lowest BCUT2D eigenvalue weighted by molar-refractivity contribution is 1.04. The molecule has 0 atom stereocenters. The van der Waals surface area contributed by atoms with Crippen LogP contribution in [-0.4, -0.2) is 9.61 Å². The molecule has 0 aliphatic carbocycles. The molecule has 2 heterocycles. The zero-order chi connectivity index (χ0) is 24.7. The molecule has 0 fully saturated rings. The van der Waals surface area contributed by atoms with Gasteiger partial charge in [0.2, 0.25) is 5.43 Å². The van der Waals surface area contributed by atoms with Crippen molar-refractivity contribution in [3.05, 3.63) is 103 Å². The molecule has 0 saturated carbocycles. The zero-order valence-electron chi connectivity index (χ0n) is 18.9. The fourth-order valence-electron chi connectivity index (χ4n) is 6.43. The highest BCUT2D eigenvalue weighted by molar-refractivity contribution is 9.10. The van der Waals surface area contributed by atoms with Crippen molar-refractivity contribution in [2.75, 3.05) is 0 Å². The Hall–Kier alpha value is -4.06. The van der Waals surface area contributed by atoms with E-state index in [0.29, 0.717) is 10.9 Å². The Balaban J connectivity index is 1.69. The second-order valence-electron chi connectivity index (χ2n) is 9.75. The van der Waals surface area contributed by atoms with Crippen LogP contribution in [0.15, 0.2) is 86.9 Å². The van der Waals surface area contributed by atoms with Gasteiger partial charge in [0.1, 0.15) is 10.5 Å². The van der Waals surface area contributed by atoms with Gasteiger partial charge >= 0.3 is 0 Å². The summed E-state index contributed by atoms with van der Waals surface area (Å²) in [5.41, 5.74) is 1.95. The third kappa shape index (κ3) is 2.24. The van der Waals surface area contributed by atoms with Crippen LogP contribution in [0.3, 0.4) is 0 Å². The van der Waals surface area contributed by atoms with Gasteiger partial charge in [0.15, 0.2) is 5.43 Å². The van der Waals surface area contributed by atoms with Crippen molar-refractivity contribution in [1.82, 2.24) is 9.61 Å². The van der Waals surface area contributed by atoms with Gasteiger partial charge in [-0.1, -0.05) is 70.0 Å². The molecule has 7 aromatic carbocycles. The summed E-state index contributed by atoms with van der Waals surface area (Å²) >= 11 is 10.8. The van der Waals surface area contributed by atoms with Crippen LogP contribution in [0, 0.1) is 0 Å². The van der Waals surface area contributed by atoms with Gasteiger partial charge in [-0.3, -0.25) is 9.59 Å². The monoisotopic (exact) mass is 558 g/mol. The third-order valence-corrected chi connectivity index (χ3v) is 8.93. The Labute approximate surface area is 220 Å². The summed E-state index contributed by atoms with van der Waals surface area (Å²) in [7, 11) is 0. The highest BCUT2D eigenvalue weighted by Crippen LogP contribution is 2.46. The predicted octanol–water partition coefficient (Wildman–Crippen LogP) is 7.86. The van der Waals surface area contributed by atoms with Crippen LogP contribution >= 0.6 is 27.5 Å². The number of aromatic nitrogens is 2. The lowest BCUT2D eigenvalue weighted by Crippen LogP contribution is -2.08. The first-order valence-corrected chi connectivity index (χ1v) is 13.0. The lowest BCUT2D eigenvalue weighted by Gasteiger charge is -2.17. The molecule has 0 N–H and O–H groups in total. The molecular weight excluding hydrogens is 548 g/mol. The number of nitrogens with zero attached hydrogens (tertiary/aromatic N) is 2. The maximum Gasteiger partial charge on any atom is 0.207 e. The highest BCUT2D eigenvalue weighted by Gasteiger charge is 2.26. The summed E-state index contributed by atoms with van der Waals surface area (Å²) < 4.78 is 2.78. The van der Waals surface area contributed by atoms with E-state index in [0.717, 1.165) is 74.8 Å². The Morgan fingerprint density at radius 3 is 2.35 bits per heavy atom. The third-order valence-electron chi connectivity index (χ3n) is 7.92. The molecular formula is C31H12BrClN2O2. The van der Waals surface area contributed by atoms with E-state index in [2.05, 4.69) is 46.3 Å². The van der Waals surface area contributed by atoms with Gasteiger partial charge in [-0.2, -0.15) is 5.10 Å². The Morgan fingerprint density at radius 1 is 0.649 bits per heavy atom. The number of halogens is 2. The Kier molecular flexibility index (Phi) is 3.49. The van der Waals surface area contributed by atoms with Gasteiger partial charge < -0.3 is 0 Å². The molecule has 2 aromatic heterocycles. The molecule has 9 aromatic rings. The fourth-order valence-corrected chi connectivity index (χ4v) is 7.24. The smallest absolute Gasteiger partial charge is 0.207 e. The van der Waals surface area contributed by atoms with Crippen molar-refractivity contribution in [2.24, 2.45) is 0 Å². The topological polar surface area (TPSA) is 51.4 Å². The second-order valence-corrected chi connectivity index (χ2v) is 11.0. The number of hydrogen-bond donors (Lipinski definition) is 0. The average Bonchev–Trinajstić information content (AvgIpc) is 3.30. The Morgan fingerprint density at radius 2 is 1.46 bits per heavy atom. The molecule has 6 heteroatoms. The van der Waals surface area contributed by atoms with Crippen LogP contribution < -0.4 is 10.9 Å². The molecule has 0 aliphatic heterocycles. The normalized spacial score (nSPS) is 12.8. The molecule has 0 saturated heterocycles. The number of fused-ring (bicyclic) bond motifs is 6. The van der Waals surface area contributed by atoms with Crippen molar-refractivity contribution < 1.29 is 0 Å². The van der Waals surface area contributed by atoms with Crippen LogP contribution in [0.4, 0.5) is 0 Å². The first kappa shape index (κ1) is 20.0. The quantitative estimate of drug-likeness (QED) is 0.140. The molecule has 0 bridgehead atoms. The van der Waals surface area contributed by atoms with Crippen LogP contribution in [0.5, 0.6) is 0 Å². The van der Waals surface area contributed by atoms with E-state index in [1.165, 1.54) is 0 Å². The number of hydrogen-bond acceptors (Lipinski definition) is 3. The minimum atomic E-state index is -0.196.